The third kappa shape index (κ3) is 3.63. The van der Waals surface area contributed by atoms with Gasteiger partial charge in [0.1, 0.15) is 12.1 Å². The predicted molar refractivity (Wildman–Crippen MR) is 80.1 cm³/mol. The van der Waals surface area contributed by atoms with Crippen LogP contribution in [-0.4, -0.2) is 29.2 Å². The number of rotatable bonds is 5. The molecule has 0 aliphatic heterocycles. The van der Waals surface area contributed by atoms with Gasteiger partial charge in [0, 0.05) is 0 Å². The van der Waals surface area contributed by atoms with E-state index in [-0.39, 0.29) is 23.6 Å². The number of nitrogens with two attached hydrogens (primary N) is 1. The number of aromatic nitrogens is 2. The van der Waals surface area contributed by atoms with Crippen molar-refractivity contribution < 1.29 is 19.0 Å². The molecule has 0 unspecified atom stereocenters. The fourth-order valence-corrected chi connectivity index (χ4v) is 1.65. The van der Waals surface area contributed by atoms with Crippen LogP contribution in [0.25, 0.3) is 0 Å². The molecule has 116 valence electrons. The summed E-state index contributed by atoms with van der Waals surface area (Å²) < 4.78 is 15.7. The first kappa shape index (κ1) is 15.6. The van der Waals surface area contributed by atoms with E-state index in [2.05, 4.69) is 14.7 Å². The molecular formula is C15H17N3O4. The maximum Gasteiger partial charge on any atom is 0.337 e. The van der Waals surface area contributed by atoms with Crippen LogP contribution >= 0.6 is 0 Å². The molecule has 0 saturated heterocycles. The highest BCUT2D eigenvalue weighted by atomic mass is 16.5. The summed E-state index contributed by atoms with van der Waals surface area (Å²) in [6, 6.07) is 6.42. The van der Waals surface area contributed by atoms with Crippen LogP contribution in [0.5, 0.6) is 17.5 Å². The van der Waals surface area contributed by atoms with Gasteiger partial charge in [0.15, 0.2) is 5.69 Å². The molecule has 7 nitrogen and oxygen atoms in total. The minimum absolute atomic E-state index is 0.0654. The molecule has 0 saturated carbocycles. The van der Waals surface area contributed by atoms with Gasteiger partial charge < -0.3 is 19.9 Å². The minimum Gasteiger partial charge on any atom is -0.473 e. The largest absolute Gasteiger partial charge is 0.473 e. The van der Waals surface area contributed by atoms with Crippen molar-refractivity contribution >= 4 is 11.7 Å². The van der Waals surface area contributed by atoms with Crippen molar-refractivity contribution in [3.8, 4) is 17.5 Å². The highest BCUT2D eigenvalue weighted by Gasteiger charge is 2.13. The van der Waals surface area contributed by atoms with Gasteiger partial charge in [0.2, 0.25) is 11.8 Å². The standard InChI is InChI=1S/C15H17N3O4/c1-9(2)21-13-12(16)14(18-8-17-13)22-11-6-4-10(5-7-11)15(19)20-3/h4-9H,16H2,1-3H3. The van der Waals surface area contributed by atoms with E-state index in [4.69, 9.17) is 15.2 Å². The first-order valence-corrected chi connectivity index (χ1v) is 6.64. The van der Waals surface area contributed by atoms with Crippen LogP contribution in [0.2, 0.25) is 0 Å². The van der Waals surface area contributed by atoms with E-state index in [9.17, 15) is 4.79 Å². The van der Waals surface area contributed by atoms with Crippen LogP contribution < -0.4 is 15.2 Å². The quantitative estimate of drug-likeness (QED) is 0.847. The molecule has 2 N–H and O–H groups in total. The molecule has 0 atom stereocenters. The van der Waals surface area contributed by atoms with E-state index in [0.29, 0.717) is 11.3 Å². The monoisotopic (exact) mass is 303 g/mol. The van der Waals surface area contributed by atoms with Gasteiger partial charge in [-0.15, -0.1) is 0 Å². The van der Waals surface area contributed by atoms with Crippen molar-refractivity contribution in [2.45, 2.75) is 20.0 Å². The normalized spacial score (nSPS) is 10.4. The van der Waals surface area contributed by atoms with Crippen molar-refractivity contribution in [1.29, 1.82) is 0 Å². The van der Waals surface area contributed by atoms with Gasteiger partial charge in [-0.05, 0) is 38.1 Å². The molecule has 2 aromatic rings. The number of carbonyl (C=O) groups is 1. The fourth-order valence-electron chi connectivity index (χ4n) is 1.65. The Morgan fingerprint density at radius 2 is 1.77 bits per heavy atom. The van der Waals surface area contributed by atoms with Crippen molar-refractivity contribution in [2.75, 3.05) is 12.8 Å². The Labute approximate surface area is 128 Å². The van der Waals surface area contributed by atoms with Gasteiger partial charge in [-0.3, -0.25) is 0 Å². The molecule has 7 heteroatoms. The molecule has 0 spiro atoms. The van der Waals surface area contributed by atoms with Crippen LogP contribution in [0, 0.1) is 0 Å². The molecule has 1 heterocycles. The number of methoxy groups -OCH3 is 1. The number of nitrogen functional groups attached to an aromatic ring is 1. The number of benzene rings is 1. The van der Waals surface area contributed by atoms with Gasteiger partial charge in [-0.2, -0.15) is 9.97 Å². The summed E-state index contributed by atoms with van der Waals surface area (Å²) in [5.74, 6) is 0.525. The molecule has 0 radical (unpaired) electrons. The second kappa shape index (κ2) is 6.75. The van der Waals surface area contributed by atoms with Crippen molar-refractivity contribution in [2.24, 2.45) is 0 Å². The van der Waals surface area contributed by atoms with Gasteiger partial charge in [0.25, 0.3) is 0 Å². The van der Waals surface area contributed by atoms with E-state index in [1.165, 1.54) is 13.4 Å². The molecule has 0 aliphatic rings. The average molecular weight is 303 g/mol. The maximum atomic E-state index is 11.4. The van der Waals surface area contributed by atoms with Gasteiger partial charge in [-0.25, -0.2) is 4.79 Å². The van der Waals surface area contributed by atoms with E-state index < -0.39 is 5.97 Å². The predicted octanol–water partition coefficient (Wildman–Crippen LogP) is 2.42. The van der Waals surface area contributed by atoms with Gasteiger partial charge in [0.05, 0.1) is 18.8 Å². The summed E-state index contributed by atoms with van der Waals surface area (Å²) in [5.41, 5.74) is 6.57. The van der Waals surface area contributed by atoms with E-state index in [0.717, 1.165) is 0 Å². The number of hydrogen-bond donors (Lipinski definition) is 1. The Bertz CT molecular complexity index is 656. The number of carbonyl (C=O) groups excluding carboxylic acids is 1. The lowest BCUT2D eigenvalue weighted by molar-refractivity contribution is 0.0600. The van der Waals surface area contributed by atoms with Crippen LogP contribution in [-0.2, 0) is 4.74 Å². The third-order valence-corrected chi connectivity index (χ3v) is 2.65. The Kier molecular flexibility index (Phi) is 4.77. The van der Waals surface area contributed by atoms with E-state index in [1.807, 2.05) is 13.8 Å². The Balaban J connectivity index is 2.18. The summed E-state index contributed by atoms with van der Waals surface area (Å²) in [4.78, 5) is 19.3. The zero-order chi connectivity index (χ0) is 16.1. The Morgan fingerprint density at radius 3 is 2.36 bits per heavy atom. The van der Waals surface area contributed by atoms with Crippen LogP contribution in [0.4, 0.5) is 5.69 Å². The van der Waals surface area contributed by atoms with Crippen LogP contribution in [0.15, 0.2) is 30.6 Å². The van der Waals surface area contributed by atoms with Crippen molar-refractivity contribution in [1.82, 2.24) is 9.97 Å². The lowest BCUT2D eigenvalue weighted by Crippen LogP contribution is -2.10. The van der Waals surface area contributed by atoms with Crippen molar-refractivity contribution in [3.63, 3.8) is 0 Å². The van der Waals surface area contributed by atoms with Crippen LogP contribution in [0.1, 0.15) is 24.2 Å². The molecule has 22 heavy (non-hydrogen) atoms. The highest BCUT2D eigenvalue weighted by molar-refractivity contribution is 5.89. The van der Waals surface area contributed by atoms with Gasteiger partial charge >= 0.3 is 5.97 Å². The first-order chi connectivity index (χ1) is 10.5. The zero-order valence-electron chi connectivity index (χ0n) is 12.6. The molecule has 2 rings (SSSR count). The van der Waals surface area contributed by atoms with Gasteiger partial charge in [-0.1, -0.05) is 0 Å². The second-order valence-corrected chi connectivity index (χ2v) is 4.68. The summed E-state index contributed by atoms with van der Waals surface area (Å²) in [5, 5.41) is 0. The smallest absolute Gasteiger partial charge is 0.337 e. The lowest BCUT2D eigenvalue weighted by atomic mass is 10.2. The first-order valence-electron chi connectivity index (χ1n) is 6.64. The molecule has 1 aromatic carbocycles. The molecule has 0 aliphatic carbocycles. The number of anilines is 1. The highest BCUT2D eigenvalue weighted by Crippen LogP contribution is 2.31. The summed E-state index contributed by atoms with van der Waals surface area (Å²) >= 11 is 0. The maximum absolute atomic E-state index is 11.4. The topological polar surface area (TPSA) is 96.6 Å². The molecule has 0 amide bonds. The SMILES string of the molecule is COC(=O)c1ccc(Oc2ncnc(OC(C)C)c2N)cc1. The fraction of sp³-hybridized carbons (Fsp3) is 0.267. The summed E-state index contributed by atoms with van der Waals surface area (Å²) in [7, 11) is 1.32. The molecular weight excluding hydrogens is 286 g/mol. The summed E-state index contributed by atoms with van der Waals surface area (Å²) in [6.07, 6.45) is 1.25. The van der Waals surface area contributed by atoms with E-state index >= 15 is 0 Å². The second-order valence-electron chi connectivity index (χ2n) is 4.68. The molecule has 1 aromatic heterocycles. The lowest BCUT2D eigenvalue weighted by Gasteiger charge is -2.13. The average Bonchev–Trinajstić information content (AvgIpc) is 2.51. The molecule has 0 bridgehead atoms. The zero-order valence-corrected chi connectivity index (χ0v) is 12.6. The van der Waals surface area contributed by atoms with E-state index in [1.54, 1.807) is 24.3 Å². The number of nitrogens with zero attached hydrogens (tertiary/aromatic N) is 2. The number of esters is 1. The third-order valence-electron chi connectivity index (χ3n) is 2.65. The summed E-state index contributed by atoms with van der Waals surface area (Å²) in [6.45, 7) is 3.74. The molecule has 0 fully saturated rings. The number of hydrogen-bond acceptors (Lipinski definition) is 7. The van der Waals surface area contributed by atoms with Crippen LogP contribution in [0.3, 0.4) is 0 Å². The minimum atomic E-state index is -0.416. The van der Waals surface area contributed by atoms with Crippen molar-refractivity contribution in [3.05, 3.63) is 36.2 Å². The Morgan fingerprint density at radius 1 is 1.14 bits per heavy atom. The Hall–Kier alpha value is -2.83. The number of ether oxygens (including phenoxy) is 3.